The second kappa shape index (κ2) is 7.27. The van der Waals surface area contributed by atoms with Crippen molar-refractivity contribution in [3.63, 3.8) is 0 Å². The summed E-state index contributed by atoms with van der Waals surface area (Å²) >= 11 is 13.9. The molecule has 0 radical (unpaired) electrons. The number of nitrogens with zero attached hydrogens (tertiary/aromatic N) is 2. The van der Waals surface area contributed by atoms with Crippen molar-refractivity contribution in [3.8, 4) is 11.5 Å². The molecule has 0 spiro atoms. The van der Waals surface area contributed by atoms with Crippen LogP contribution in [0.5, 0.6) is 0 Å². The van der Waals surface area contributed by atoms with E-state index in [2.05, 4.69) is 15.0 Å². The van der Waals surface area contributed by atoms with Crippen LogP contribution in [-0.2, 0) is 5.75 Å². The Morgan fingerprint density at radius 3 is 2.69 bits per heavy atom. The minimum absolute atomic E-state index is 0.320. The number of nitrogens with one attached hydrogen (secondary N) is 1. The zero-order chi connectivity index (χ0) is 18.1. The summed E-state index contributed by atoms with van der Waals surface area (Å²) in [7, 11) is 0. The van der Waals surface area contributed by atoms with Gasteiger partial charge in [-0.15, -0.1) is 11.8 Å². The first kappa shape index (κ1) is 17.3. The molecule has 0 fully saturated rings. The average Bonchev–Trinajstić information content (AvgIpc) is 3.05. The van der Waals surface area contributed by atoms with Crippen LogP contribution < -0.4 is 0 Å². The van der Waals surface area contributed by atoms with E-state index in [4.69, 9.17) is 23.2 Å². The maximum Gasteiger partial charge on any atom is 0.157 e. The highest BCUT2D eigenvalue weighted by Crippen LogP contribution is 2.35. The van der Waals surface area contributed by atoms with Gasteiger partial charge in [-0.2, -0.15) is 0 Å². The van der Waals surface area contributed by atoms with Crippen LogP contribution in [0.25, 0.3) is 22.6 Å². The van der Waals surface area contributed by atoms with E-state index in [1.807, 2.05) is 30.3 Å². The summed E-state index contributed by atoms with van der Waals surface area (Å²) < 4.78 is 13.9. The molecule has 0 amide bonds. The minimum atomic E-state index is -0.320. The lowest BCUT2D eigenvalue weighted by Gasteiger charge is -2.07. The van der Waals surface area contributed by atoms with Crippen LogP contribution in [0, 0.1) is 5.82 Å². The first-order chi connectivity index (χ1) is 12.6. The number of rotatable bonds is 4. The van der Waals surface area contributed by atoms with Crippen LogP contribution in [0.2, 0.25) is 10.0 Å². The van der Waals surface area contributed by atoms with Gasteiger partial charge < -0.3 is 4.98 Å². The van der Waals surface area contributed by atoms with E-state index >= 15 is 0 Å². The van der Waals surface area contributed by atoms with E-state index in [0.29, 0.717) is 27.2 Å². The largest absolute Gasteiger partial charge is 0.337 e. The minimum Gasteiger partial charge on any atom is -0.337 e. The summed E-state index contributed by atoms with van der Waals surface area (Å²) in [4.78, 5) is 12.9. The fourth-order valence-corrected chi connectivity index (χ4v) is 4.19. The van der Waals surface area contributed by atoms with Gasteiger partial charge in [-0.25, -0.2) is 9.37 Å². The summed E-state index contributed by atoms with van der Waals surface area (Å²) in [5.41, 5.74) is 2.82. The van der Waals surface area contributed by atoms with Crippen LogP contribution in [0.1, 0.15) is 5.56 Å². The van der Waals surface area contributed by atoms with E-state index in [9.17, 15) is 4.39 Å². The second-order valence-corrected chi connectivity index (χ2v) is 7.42. The van der Waals surface area contributed by atoms with Gasteiger partial charge in [0.1, 0.15) is 11.5 Å². The van der Waals surface area contributed by atoms with Crippen LogP contribution in [0.3, 0.4) is 0 Å². The van der Waals surface area contributed by atoms with E-state index in [1.165, 1.54) is 17.8 Å². The Labute approximate surface area is 163 Å². The molecule has 0 saturated heterocycles. The molecule has 0 atom stereocenters. The number of hydrogen-bond acceptors (Lipinski definition) is 3. The van der Waals surface area contributed by atoms with Crippen LogP contribution in [0.15, 0.2) is 59.6 Å². The first-order valence-electron chi connectivity index (χ1n) is 7.78. The zero-order valence-electron chi connectivity index (χ0n) is 13.3. The Morgan fingerprint density at radius 2 is 1.92 bits per heavy atom. The van der Waals surface area contributed by atoms with Gasteiger partial charge in [0, 0.05) is 27.4 Å². The van der Waals surface area contributed by atoms with Crippen LogP contribution in [0.4, 0.5) is 4.39 Å². The molecule has 3 nitrogen and oxygen atoms in total. The summed E-state index contributed by atoms with van der Waals surface area (Å²) in [6.07, 6.45) is 1.72. The van der Waals surface area contributed by atoms with Crippen molar-refractivity contribution in [2.24, 2.45) is 0 Å². The number of aromatic nitrogens is 3. The number of fused-ring (bicyclic) bond motifs is 1. The normalized spacial score (nSPS) is 11.2. The Morgan fingerprint density at radius 1 is 1.04 bits per heavy atom. The standard InChI is InChI=1S/C19H12Cl2FN3S/c20-12-4-3-5-14(22)11(12)10-26-18-9-17-16(8-13(18)21)24-19(25-17)15-6-1-2-7-23-15/h1-9H,10H2,(H,24,25). The Balaban J connectivity index is 1.65. The molecule has 2 heterocycles. The summed E-state index contributed by atoms with van der Waals surface area (Å²) in [5, 5.41) is 0.984. The highest BCUT2D eigenvalue weighted by molar-refractivity contribution is 7.98. The predicted octanol–water partition coefficient (Wildman–Crippen LogP) is 6.36. The van der Waals surface area contributed by atoms with Gasteiger partial charge in [0.15, 0.2) is 5.82 Å². The van der Waals surface area contributed by atoms with E-state index in [1.54, 1.807) is 18.3 Å². The molecular formula is C19H12Cl2FN3S. The van der Waals surface area contributed by atoms with Crippen LogP contribution >= 0.6 is 35.0 Å². The summed E-state index contributed by atoms with van der Waals surface area (Å²) in [5.74, 6) is 0.740. The lowest BCUT2D eigenvalue weighted by molar-refractivity contribution is 0.617. The highest BCUT2D eigenvalue weighted by atomic mass is 35.5. The zero-order valence-corrected chi connectivity index (χ0v) is 15.7. The fraction of sp³-hybridized carbons (Fsp3) is 0.0526. The lowest BCUT2D eigenvalue weighted by Crippen LogP contribution is -1.89. The maximum absolute atomic E-state index is 13.9. The molecule has 2 aromatic heterocycles. The molecule has 130 valence electrons. The molecule has 26 heavy (non-hydrogen) atoms. The van der Waals surface area contributed by atoms with E-state index < -0.39 is 0 Å². The van der Waals surface area contributed by atoms with E-state index in [-0.39, 0.29) is 5.82 Å². The molecular weight excluding hydrogens is 392 g/mol. The summed E-state index contributed by atoms with van der Waals surface area (Å²) in [6.45, 7) is 0. The number of hydrogen-bond donors (Lipinski definition) is 1. The number of aromatic amines is 1. The molecule has 0 unspecified atom stereocenters. The highest BCUT2D eigenvalue weighted by Gasteiger charge is 2.12. The van der Waals surface area contributed by atoms with Gasteiger partial charge >= 0.3 is 0 Å². The molecule has 4 aromatic rings. The van der Waals surface area contributed by atoms with Gasteiger partial charge in [-0.1, -0.05) is 35.3 Å². The number of thioether (sulfide) groups is 1. The monoisotopic (exact) mass is 403 g/mol. The second-order valence-electron chi connectivity index (χ2n) is 5.59. The Bertz CT molecular complexity index is 1060. The number of H-pyrrole nitrogens is 1. The van der Waals surface area contributed by atoms with E-state index in [0.717, 1.165) is 21.6 Å². The van der Waals surface area contributed by atoms with Crippen molar-refractivity contribution < 1.29 is 4.39 Å². The topological polar surface area (TPSA) is 41.6 Å². The predicted molar refractivity (Wildman–Crippen MR) is 105 cm³/mol. The fourth-order valence-electron chi connectivity index (χ4n) is 2.57. The van der Waals surface area contributed by atoms with Gasteiger partial charge in [0.05, 0.1) is 16.1 Å². The Kier molecular flexibility index (Phi) is 4.85. The number of benzene rings is 2. The van der Waals surface area contributed by atoms with Gasteiger partial charge in [-0.05, 0) is 36.4 Å². The van der Waals surface area contributed by atoms with Crippen LogP contribution in [-0.4, -0.2) is 15.0 Å². The average molecular weight is 404 g/mol. The number of halogens is 3. The van der Waals surface area contributed by atoms with Gasteiger partial charge in [-0.3, -0.25) is 4.98 Å². The van der Waals surface area contributed by atoms with Crippen molar-refractivity contribution in [3.05, 3.63) is 76.2 Å². The van der Waals surface area contributed by atoms with Crippen molar-refractivity contribution in [2.75, 3.05) is 0 Å². The number of imidazole rings is 1. The quantitative estimate of drug-likeness (QED) is 0.402. The SMILES string of the molecule is Fc1cccc(Cl)c1CSc1cc2nc(-c3ccccn3)[nH]c2cc1Cl. The number of pyridine rings is 1. The third-order valence-corrected chi connectivity index (χ3v) is 5.74. The van der Waals surface area contributed by atoms with Crippen molar-refractivity contribution in [1.82, 2.24) is 15.0 Å². The summed E-state index contributed by atoms with van der Waals surface area (Å²) in [6, 6.07) is 14.0. The molecule has 0 aliphatic heterocycles. The third kappa shape index (κ3) is 3.43. The molecule has 0 aliphatic rings. The van der Waals surface area contributed by atoms with Crippen molar-refractivity contribution in [1.29, 1.82) is 0 Å². The molecule has 4 rings (SSSR count). The Hall–Kier alpha value is -2.08. The van der Waals surface area contributed by atoms with Crippen molar-refractivity contribution >= 4 is 46.0 Å². The van der Waals surface area contributed by atoms with Crippen molar-refractivity contribution in [2.45, 2.75) is 10.6 Å². The van der Waals surface area contributed by atoms with Gasteiger partial charge in [0.25, 0.3) is 0 Å². The van der Waals surface area contributed by atoms with Gasteiger partial charge in [0.2, 0.25) is 0 Å². The third-order valence-electron chi connectivity index (χ3n) is 3.88. The molecule has 2 aromatic carbocycles. The molecule has 0 aliphatic carbocycles. The first-order valence-corrected chi connectivity index (χ1v) is 9.52. The lowest BCUT2D eigenvalue weighted by atomic mass is 10.2. The maximum atomic E-state index is 13.9. The molecule has 1 N–H and O–H groups in total. The molecule has 0 bridgehead atoms. The molecule has 7 heteroatoms. The smallest absolute Gasteiger partial charge is 0.157 e. The molecule has 0 saturated carbocycles.